The molecule has 2 fully saturated rings. The largest absolute Gasteiger partial charge is 0.310 e. The van der Waals surface area contributed by atoms with Crippen molar-refractivity contribution >= 4 is 34.4 Å². The SMILES string of the molecule is O=C(CSc1nc2ccccc2c(=O)n1C1CC1)Nc1cc(C2CCCC2)nn1-c1ccccc1. The van der Waals surface area contributed by atoms with Gasteiger partial charge >= 0.3 is 0 Å². The van der Waals surface area contributed by atoms with Crippen LogP contribution in [-0.2, 0) is 4.79 Å². The van der Waals surface area contributed by atoms with Gasteiger partial charge in [-0.15, -0.1) is 0 Å². The molecule has 0 atom stereocenters. The van der Waals surface area contributed by atoms with Gasteiger partial charge in [-0.2, -0.15) is 5.10 Å². The van der Waals surface area contributed by atoms with Gasteiger partial charge in [0.25, 0.3) is 5.56 Å². The Morgan fingerprint density at radius 1 is 1.00 bits per heavy atom. The van der Waals surface area contributed by atoms with Crippen LogP contribution in [0.5, 0.6) is 0 Å². The van der Waals surface area contributed by atoms with E-state index in [0.717, 1.165) is 37.1 Å². The molecule has 178 valence electrons. The van der Waals surface area contributed by atoms with Crippen LogP contribution < -0.4 is 10.9 Å². The Hall–Kier alpha value is -3.39. The van der Waals surface area contributed by atoms with E-state index >= 15 is 0 Å². The van der Waals surface area contributed by atoms with Crippen molar-refractivity contribution in [1.82, 2.24) is 19.3 Å². The van der Waals surface area contributed by atoms with Crippen molar-refractivity contribution in [3.05, 3.63) is 76.7 Å². The first-order chi connectivity index (χ1) is 17.2. The number of nitrogens with zero attached hydrogens (tertiary/aromatic N) is 4. The molecule has 2 aromatic carbocycles. The number of carbonyl (C=O) groups is 1. The van der Waals surface area contributed by atoms with Crippen LogP contribution in [0, 0.1) is 0 Å². The maximum absolute atomic E-state index is 13.1. The summed E-state index contributed by atoms with van der Waals surface area (Å²) in [5, 5.41) is 9.16. The van der Waals surface area contributed by atoms with Crippen molar-refractivity contribution < 1.29 is 4.79 Å². The number of para-hydroxylation sites is 2. The second kappa shape index (κ2) is 9.34. The van der Waals surface area contributed by atoms with E-state index in [9.17, 15) is 9.59 Å². The maximum Gasteiger partial charge on any atom is 0.262 e. The van der Waals surface area contributed by atoms with E-state index in [1.54, 1.807) is 4.57 Å². The fourth-order valence-electron chi connectivity index (χ4n) is 4.87. The first kappa shape index (κ1) is 22.1. The lowest BCUT2D eigenvalue weighted by molar-refractivity contribution is -0.113. The molecule has 0 unspecified atom stereocenters. The molecule has 4 aromatic rings. The fraction of sp³-hybridized carbons (Fsp3) is 0.333. The summed E-state index contributed by atoms with van der Waals surface area (Å²) in [7, 11) is 0. The summed E-state index contributed by atoms with van der Waals surface area (Å²) in [5.74, 6) is 1.14. The molecule has 0 radical (unpaired) electrons. The highest BCUT2D eigenvalue weighted by Gasteiger charge is 2.29. The summed E-state index contributed by atoms with van der Waals surface area (Å²) in [5.41, 5.74) is 2.59. The third kappa shape index (κ3) is 4.50. The van der Waals surface area contributed by atoms with Gasteiger partial charge in [0.2, 0.25) is 5.91 Å². The lowest BCUT2D eigenvalue weighted by Crippen LogP contribution is -2.23. The summed E-state index contributed by atoms with van der Waals surface area (Å²) in [4.78, 5) is 30.9. The van der Waals surface area contributed by atoms with Crippen LogP contribution >= 0.6 is 11.8 Å². The van der Waals surface area contributed by atoms with Gasteiger partial charge in [0.05, 0.1) is 28.0 Å². The van der Waals surface area contributed by atoms with Crippen molar-refractivity contribution in [2.75, 3.05) is 11.1 Å². The van der Waals surface area contributed by atoms with E-state index in [-0.39, 0.29) is 23.3 Å². The standard InChI is InChI=1S/C27H27N5O2S/c33-25(17-35-27-28-22-13-7-6-12-21(22)26(34)31(27)19-14-15-19)29-24-16-23(18-8-4-5-9-18)30-32(24)20-10-2-1-3-11-20/h1-3,6-7,10-13,16,18-19H,4-5,8-9,14-15,17H2,(H,29,33). The first-order valence-corrected chi connectivity index (χ1v) is 13.3. The van der Waals surface area contributed by atoms with Gasteiger partial charge in [0, 0.05) is 18.0 Å². The van der Waals surface area contributed by atoms with Gasteiger partial charge in [-0.3, -0.25) is 14.2 Å². The zero-order valence-corrected chi connectivity index (χ0v) is 20.2. The molecule has 2 aliphatic carbocycles. The Balaban J connectivity index is 1.25. The molecule has 1 N–H and O–H groups in total. The van der Waals surface area contributed by atoms with E-state index in [2.05, 4.69) is 5.32 Å². The molecule has 0 saturated heterocycles. The number of benzene rings is 2. The molecular formula is C27H27N5O2S. The van der Waals surface area contributed by atoms with Crippen LogP contribution in [0.3, 0.4) is 0 Å². The van der Waals surface area contributed by atoms with Crippen LogP contribution in [0.4, 0.5) is 5.82 Å². The number of hydrogen-bond donors (Lipinski definition) is 1. The molecule has 0 bridgehead atoms. The number of rotatable bonds is 7. The monoisotopic (exact) mass is 485 g/mol. The first-order valence-electron chi connectivity index (χ1n) is 12.3. The summed E-state index contributed by atoms with van der Waals surface area (Å²) >= 11 is 1.32. The van der Waals surface area contributed by atoms with Gasteiger partial charge in [-0.05, 0) is 49.9 Å². The van der Waals surface area contributed by atoms with Crippen LogP contribution in [0.2, 0.25) is 0 Å². The second-order valence-electron chi connectivity index (χ2n) is 9.34. The van der Waals surface area contributed by atoms with Gasteiger partial charge in [-0.1, -0.05) is 54.9 Å². The Morgan fingerprint density at radius 2 is 1.74 bits per heavy atom. The number of amides is 1. The number of fused-ring (bicyclic) bond motifs is 1. The predicted octanol–water partition coefficient (Wildman–Crippen LogP) is 5.31. The van der Waals surface area contributed by atoms with E-state index in [4.69, 9.17) is 10.1 Å². The van der Waals surface area contributed by atoms with Crippen molar-refractivity contribution in [1.29, 1.82) is 0 Å². The molecule has 1 amide bonds. The van der Waals surface area contributed by atoms with Crippen LogP contribution in [0.15, 0.2) is 70.6 Å². The number of carbonyl (C=O) groups excluding carboxylic acids is 1. The van der Waals surface area contributed by atoms with Crippen molar-refractivity contribution in [2.45, 2.75) is 55.6 Å². The Morgan fingerprint density at radius 3 is 2.51 bits per heavy atom. The van der Waals surface area contributed by atoms with E-state index in [1.807, 2.05) is 65.3 Å². The van der Waals surface area contributed by atoms with Gasteiger partial charge in [-0.25, -0.2) is 9.67 Å². The van der Waals surface area contributed by atoms with Crippen LogP contribution in [-0.4, -0.2) is 31.0 Å². The molecule has 2 aromatic heterocycles. The Bertz CT molecular complexity index is 1440. The minimum absolute atomic E-state index is 0.0237. The summed E-state index contributed by atoms with van der Waals surface area (Å²) in [6.07, 6.45) is 6.67. The lowest BCUT2D eigenvalue weighted by Gasteiger charge is -2.12. The molecule has 2 heterocycles. The van der Waals surface area contributed by atoms with Gasteiger partial charge < -0.3 is 5.32 Å². The molecule has 0 spiro atoms. The molecule has 8 heteroatoms. The minimum Gasteiger partial charge on any atom is -0.310 e. The second-order valence-corrected chi connectivity index (χ2v) is 10.3. The quantitative estimate of drug-likeness (QED) is 0.284. The number of nitrogens with one attached hydrogen (secondary N) is 1. The zero-order valence-electron chi connectivity index (χ0n) is 19.4. The average Bonchev–Trinajstić information content (AvgIpc) is 3.39. The summed E-state index contributed by atoms with van der Waals surface area (Å²) < 4.78 is 3.59. The van der Waals surface area contributed by atoms with Crippen LogP contribution in [0.1, 0.15) is 56.2 Å². The number of thioether (sulfide) groups is 1. The van der Waals surface area contributed by atoms with Gasteiger partial charge in [0.15, 0.2) is 5.16 Å². The predicted molar refractivity (Wildman–Crippen MR) is 138 cm³/mol. The Kier molecular flexibility index (Phi) is 5.90. The third-order valence-electron chi connectivity index (χ3n) is 6.79. The number of aromatic nitrogens is 4. The fourth-order valence-corrected chi connectivity index (χ4v) is 5.73. The number of anilines is 1. The topological polar surface area (TPSA) is 81.8 Å². The zero-order chi connectivity index (χ0) is 23.8. The maximum atomic E-state index is 13.1. The third-order valence-corrected chi connectivity index (χ3v) is 7.74. The van der Waals surface area contributed by atoms with E-state index in [0.29, 0.717) is 27.8 Å². The highest BCUT2D eigenvalue weighted by atomic mass is 32.2. The molecule has 7 nitrogen and oxygen atoms in total. The van der Waals surface area contributed by atoms with Crippen molar-refractivity contribution in [3.8, 4) is 5.69 Å². The molecule has 35 heavy (non-hydrogen) atoms. The average molecular weight is 486 g/mol. The van der Waals surface area contributed by atoms with Crippen molar-refractivity contribution in [3.63, 3.8) is 0 Å². The highest BCUT2D eigenvalue weighted by molar-refractivity contribution is 7.99. The highest BCUT2D eigenvalue weighted by Crippen LogP contribution is 2.37. The summed E-state index contributed by atoms with van der Waals surface area (Å²) in [6, 6.07) is 19.5. The summed E-state index contributed by atoms with van der Waals surface area (Å²) in [6.45, 7) is 0. The normalized spacial score (nSPS) is 16.1. The lowest BCUT2D eigenvalue weighted by atomic mass is 10.0. The molecule has 2 saturated carbocycles. The molecule has 2 aliphatic rings. The smallest absolute Gasteiger partial charge is 0.262 e. The molecule has 0 aliphatic heterocycles. The molecule has 6 rings (SSSR count). The van der Waals surface area contributed by atoms with Crippen molar-refractivity contribution in [2.24, 2.45) is 0 Å². The molecular weight excluding hydrogens is 458 g/mol. The Labute approximate surface area is 207 Å². The number of hydrogen-bond acceptors (Lipinski definition) is 5. The van der Waals surface area contributed by atoms with Crippen LogP contribution in [0.25, 0.3) is 16.6 Å². The van der Waals surface area contributed by atoms with E-state index < -0.39 is 0 Å². The minimum atomic E-state index is -0.144. The van der Waals surface area contributed by atoms with Gasteiger partial charge in [0.1, 0.15) is 5.82 Å². The van der Waals surface area contributed by atoms with E-state index in [1.165, 1.54) is 24.6 Å².